The first-order valence-corrected chi connectivity index (χ1v) is 8.81. The second kappa shape index (κ2) is 7.90. The standard InChI is InChI=1S/C19H18N4OS/c1-13(18(24)20-2)25-19-21-16(14-9-5-3-6-10-14)17(22-23-19)15-11-7-4-8-12-15/h3-13H,1-2H3,(H,20,24)/t13-/m0/s1. The van der Waals surface area contributed by atoms with Crippen LogP contribution in [0.3, 0.4) is 0 Å². The first kappa shape index (κ1) is 17.1. The first-order valence-electron chi connectivity index (χ1n) is 7.93. The monoisotopic (exact) mass is 350 g/mol. The van der Waals surface area contributed by atoms with Crippen molar-refractivity contribution in [2.75, 3.05) is 7.05 Å². The number of thioether (sulfide) groups is 1. The van der Waals surface area contributed by atoms with E-state index in [4.69, 9.17) is 0 Å². The average molecular weight is 350 g/mol. The van der Waals surface area contributed by atoms with Crippen LogP contribution in [0.4, 0.5) is 0 Å². The summed E-state index contributed by atoms with van der Waals surface area (Å²) in [6, 6.07) is 19.7. The largest absolute Gasteiger partial charge is 0.358 e. The molecule has 3 aromatic rings. The van der Waals surface area contributed by atoms with Crippen LogP contribution < -0.4 is 5.32 Å². The van der Waals surface area contributed by atoms with Crippen molar-refractivity contribution in [2.45, 2.75) is 17.3 Å². The smallest absolute Gasteiger partial charge is 0.233 e. The van der Waals surface area contributed by atoms with E-state index in [0.717, 1.165) is 22.5 Å². The van der Waals surface area contributed by atoms with E-state index in [0.29, 0.717) is 5.16 Å². The highest BCUT2D eigenvalue weighted by molar-refractivity contribution is 8.00. The van der Waals surface area contributed by atoms with Crippen LogP contribution >= 0.6 is 11.8 Å². The van der Waals surface area contributed by atoms with Crippen molar-refractivity contribution < 1.29 is 4.79 Å². The Morgan fingerprint density at radius 2 is 1.48 bits per heavy atom. The molecule has 6 heteroatoms. The fourth-order valence-corrected chi connectivity index (χ4v) is 3.14. The lowest BCUT2D eigenvalue weighted by Crippen LogP contribution is -2.27. The number of nitrogens with one attached hydrogen (secondary N) is 1. The highest BCUT2D eigenvalue weighted by atomic mass is 32.2. The summed E-state index contributed by atoms with van der Waals surface area (Å²) in [6.07, 6.45) is 0. The highest BCUT2D eigenvalue weighted by Gasteiger charge is 2.18. The van der Waals surface area contributed by atoms with Gasteiger partial charge in [-0.05, 0) is 6.92 Å². The van der Waals surface area contributed by atoms with Gasteiger partial charge in [0.25, 0.3) is 0 Å². The van der Waals surface area contributed by atoms with E-state index in [1.807, 2.05) is 67.6 Å². The molecule has 0 saturated heterocycles. The Morgan fingerprint density at radius 3 is 2.04 bits per heavy atom. The zero-order chi connectivity index (χ0) is 17.6. The summed E-state index contributed by atoms with van der Waals surface area (Å²) in [5.74, 6) is -0.0676. The van der Waals surface area contributed by atoms with Crippen molar-refractivity contribution in [1.29, 1.82) is 0 Å². The molecule has 0 aliphatic heterocycles. The van der Waals surface area contributed by atoms with Crippen LogP contribution in [0, 0.1) is 0 Å². The van der Waals surface area contributed by atoms with Gasteiger partial charge >= 0.3 is 0 Å². The third-order valence-corrected chi connectivity index (χ3v) is 4.61. The van der Waals surface area contributed by atoms with E-state index in [1.54, 1.807) is 7.05 Å². The molecule has 1 amide bonds. The maximum Gasteiger partial charge on any atom is 0.233 e. The zero-order valence-corrected chi connectivity index (χ0v) is 14.8. The van der Waals surface area contributed by atoms with Crippen LogP contribution in [-0.4, -0.2) is 33.4 Å². The fourth-order valence-electron chi connectivity index (χ4n) is 2.36. The first-order chi connectivity index (χ1) is 12.2. The molecule has 2 aromatic carbocycles. The third-order valence-electron chi connectivity index (χ3n) is 3.66. The second-order valence-corrected chi connectivity index (χ2v) is 6.71. The molecule has 1 atom stereocenters. The van der Waals surface area contributed by atoms with Gasteiger partial charge in [-0.3, -0.25) is 4.79 Å². The molecule has 0 fully saturated rings. The molecule has 0 bridgehead atoms. The molecule has 3 rings (SSSR count). The molecular formula is C19H18N4OS. The highest BCUT2D eigenvalue weighted by Crippen LogP contribution is 2.30. The van der Waals surface area contributed by atoms with Crippen molar-refractivity contribution >= 4 is 17.7 Å². The summed E-state index contributed by atoms with van der Waals surface area (Å²) in [5, 5.41) is 11.4. The number of hydrogen-bond donors (Lipinski definition) is 1. The fraction of sp³-hybridized carbons (Fsp3) is 0.158. The molecule has 0 saturated carbocycles. The lowest BCUT2D eigenvalue weighted by molar-refractivity contribution is -0.119. The molecule has 0 aliphatic carbocycles. The van der Waals surface area contributed by atoms with Gasteiger partial charge in [-0.2, -0.15) is 0 Å². The topological polar surface area (TPSA) is 67.8 Å². The minimum absolute atomic E-state index is 0.0676. The number of amides is 1. The number of carbonyl (C=O) groups is 1. The van der Waals surface area contributed by atoms with Crippen LogP contribution in [0.25, 0.3) is 22.5 Å². The molecule has 1 aromatic heterocycles. The number of rotatable bonds is 5. The minimum atomic E-state index is -0.294. The predicted octanol–water partition coefficient (Wildman–Crippen LogP) is 3.43. The van der Waals surface area contributed by atoms with E-state index < -0.39 is 0 Å². The molecule has 126 valence electrons. The Hall–Kier alpha value is -2.73. The van der Waals surface area contributed by atoms with Crippen molar-refractivity contribution in [1.82, 2.24) is 20.5 Å². The molecule has 5 nitrogen and oxygen atoms in total. The predicted molar refractivity (Wildman–Crippen MR) is 100 cm³/mol. The second-order valence-electron chi connectivity index (χ2n) is 5.40. The average Bonchev–Trinajstić information content (AvgIpc) is 2.68. The van der Waals surface area contributed by atoms with Crippen LogP contribution in [0.2, 0.25) is 0 Å². The van der Waals surface area contributed by atoms with Crippen molar-refractivity contribution in [3.63, 3.8) is 0 Å². The van der Waals surface area contributed by atoms with Crippen LogP contribution in [0.5, 0.6) is 0 Å². The van der Waals surface area contributed by atoms with Gasteiger partial charge in [0, 0.05) is 18.2 Å². The number of carbonyl (C=O) groups excluding carboxylic acids is 1. The molecule has 0 radical (unpaired) electrons. The van der Waals surface area contributed by atoms with E-state index in [-0.39, 0.29) is 11.2 Å². The van der Waals surface area contributed by atoms with Gasteiger partial charge in [0.1, 0.15) is 11.4 Å². The van der Waals surface area contributed by atoms with Crippen molar-refractivity contribution in [3.05, 3.63) is 60.7 Å². The van der Waals surface area contributed by atoms with E-state index in [9.17, 15) is 4.79 Å². The summed E-state index contributed by atoms with van der Waals surface area (Å²) in [7, 11) is 1.62. The number of benzene rings is 2. The van der Waals surface area contributed by atoms with Gasteiger partial charge in [0.15, 0.2) is 0 Å². The molecule has 0 spiro atoms. The molecule has 0 unspecified atom stereocenters. The summed E-state index contributed by atoms with van der Waals surface area (Å²) in [4.78, 5) is 16.4. The normalized spacial score (nSPS) is 11.8. The zero-order valence-electron chi connectivity index (χ0n) is 14.0. The maximum absolute atomic E-state index is 11.8. The van der Waals surface area contributed by atoms with Crippen molar-refractivity contribution in [2.24, 2.45) is 0 Å². The lowest BCUT2D eigenvalue weighted by atomic mass is 10.0. The Bertz CT molecular complexity index is 856. The Kier molecular flexibility index (Phi) is 5.40. The Balaban J connectivity index is 2.04. The van der Waals surface area contributed by atoms with Gasteiger partial charge in [-0.1, -0.05) is 72.4 Å². The minimum Gasteiger partial charge on any atom is -0.358 e. The quantitative estimate of drug-likeness (QED) is 0.714. The van der Waals surface area contributed by atoms with Gasteiger partial charge in [0.2, 0.25) is 11.1 Å². The SMILES string of the molecule is CNC(=O)[C@H](C)Sc1nnc(-c2ccccc2)c(-c2ccccc2)n1. The van der Waals surface area contributed by atoms with Gasteiger partial charge in [-0.15, -0.1) is 10.2 Å². The summed E-state index contributed by atoms with van der Waals surface area (Å²) < 4.78 is 0. The summed E-state index contributed by atoms with van der Waals surface area (Å²) in [5.41, 5.74) is 3.40. The van der Waals surface area contributed by atoms with Crippen molar-refractivity contribution in [3.8, 4) is 22.5 Å². The molecule has 25 heavy (non-hydrogen) atoms. The number of aromatic nitrogens is 3. The Morgan fingerprint density at radius 1 is 0.920 bits per heavy atom. The molecule has 1 heterocycles. The summed E-state index contributed by atoms with van der Waals surface area (Å²) >= 11 is 1.29. The summed E-state index contributed by atoms with van der Waals surface area (Å²) in [6.45, 7) is 1.82. The van der Waals surface area contributed by atoms with E-state index in [2.05, 4.69) is 20.5 Å². The van der Waals surface area contributed by atoms with Crippen LogP contribution in [0.1, 0.15) is 6.92 Å². The van der Waals surface area contributed by atoms with Crippen LogP contribution in [0.15, 0.2) is 65.8 Å². The number of nitrogens with zero attached hydrogens (tertiary/aromatic N) is 3. The van der Waals surface area contributed by atoms with E-state index >= 15 is 0 Å². The van der Waals surface area contributed by atoms with Gasteiger partial charge in [-0.25, -0.2) is 4.98 Å². The van der Waals surface area contributed by atoms with Gasteiger partial charge in [0.05, 0.1) is 5.25 Å². The van der Waals surface area contributed by atoms with Gasteiger partial charge < -0.3 is 5.32 Å². The lowest BCUT2D eigenvalue weighted by Gasteiger charge is -2.11. The van der Waals surface area contributed by atoms with E-state index in [1.165, 1.54) is 11.8 Å². The van der Waals surface area contributed by atoms with Crippen LogP contribution in [-0.2, 0) is 4.79 Å². The third kappa shape index (κ3) is 4.03. The number of hydrogen-bond acceptors (Lipinski definition) is 5. The molecule has 0 aliphatic rings. The Labute approximate surface area is 150 Å². The maximum atomic E-state index is 11.8. The molecular weight excluding hydrogens is 332 g/mol. The molecule has 1 N–H and O–H groups in total.